The van der Waals surface area contributed by atoms with E-state index >= 15 is 0 Å². The minimum absolute atomic E-state index is 0.0313. The number of aliphatic hydroxyl groups is 1. The van der Waals surface area contributed by atoms with Crippen LogP contribution in [0.4, 0.5) is 0 Å². The summed E-state index contributed by atoms with van der Waals surface area (Å²) in [5.74, 6) is 0.722. The van der Waals surface area contributed by atoms with E-state index in [1.165, 1.54) is 161 Å². The number of hydrogen-bond donors (Lipinski definition) is 1. The van der Waals surface area contributed by atoms with Gasteiger partial charge in [-0.25, -0.2) is 0 Å². The smallest absolute Gasteiger partial charge is 0.306 e. The Balaban J connectivity index is 2.87. The molecule has 1 fully saturated rings. The fraction of sp³-hybridized carbons (Fsp3) is 0.962. The van der Waals surface area contributed by atoms with Crippen molar-refractivity contribution in [2.45, 2.75) is 259 Å². The minimum Gasteiger partial charge on any atom is -0.465 e. The summed E-state index contributed by atoms with van der Waals surface area (Å²) in [7, 11) is 0. The second-order valence-electron chi connectivity index (χ2n) is 19.2. The molecule has 2 atom stereocenters. The molecule has 0 aromatic heterocycles. The Morgan fingerprint density at radius 3 is 1.27 bits per heavy atom. The van der Waals surface area contributed by atoms with Crippen LogP contribution < -0.4 is 0 Å². The molecule has 2 unspecified atom stereocenters. The molecule has 7 nitrogen and oxygen atoms in total. The summed E-state index contributed by atoms with van der Waals surface area (Å²) in [5, 5.41) is 9.70. The van der Waals surface area contributed by atoms with E-state index in [2.05, 4.69) is 44.4 Å². The first-order valence-electron chi connectivity index (χ1n) is 26.8. The highest BCUT2D eigenvalue weighted by Crippen LogP contribution is 2.26. The Morgan fingerprint density at radius 1 is 0.467 bits per heavy atom. The Kier molecular flexibility index (Phi) is 39.6. The van der Waals surface area contributed by atoms with Gasteiger partial charge in [-0.15, -0.1) is 0 Å². The summed E-state index contributed by atoms with van der Waals surface area (Å²) >= 11 is 0. The van der Waals surface area contributed by atoms with Gasteiger partial charge in [-0.3, -0.25) is 14.5 Å². The number of carbonyl (C=O) groups excluding carboxylic acids is 2. The topological polar surface area (TPSA) is 79.3 Å². The number of carbonyl (C=O) groups is 2. The van der Waals surface area contributed by atoms with Crippen LogP contribution in [0.15, 0.2) is 0 Å². The largest absolute Gasteiger partial charge is 0.465 e. The van der Waals surface area contributed by atoms with E-state index in [1.54, 1.807) is 0 Å². The zero-order valence-corrected chi connectivity index (χ0v) is 41.0. The molecule has 1 aliphatic rings. The Labute approximate surface area is 374 Å². The van der Waals surface area contributed by atoms with Crippen molar-refractivity contribution < 1.29 is 24.2 Å². The van der Waals surface area contributed by atoms with Gasteiger partial charge >= 0.3 is 11.9 Å². The quantitative estimate of drug-likeness (QED) is 0.0483. The van der Waals surface area contributed by atoms with Gasteiger partial charge in [-0.05, 0) is 82.7 Å². The molecule has 0 radical (unpaired) electrons. The van der Waals surface area contributed by atoms with E-state index in [4.69, 9.17) is 9.47 Å². The molecule has 1 saturated carbocycles. The number of hydrogen-bond acceptors (Lipinski definition) is 7. The zero-order chi connectivity index (χ0) is 43.7. The molecule has 356 valence electrons. The number of rotatable bonds is 46. The third-order valence-electron chi connectivity index (χ3n) is 13.6. The lowest BCUT2D eigenvalue weighted by molar-refractivity contribution is -0.150. The van der Waals surface area contributed by atoms with Crippen LogP contribution in [0.2, 0.25) is 0 Å². The molecule has 0 aliphatic heterocycles. The summed E-state index contributed by atoms with van der Waals surface area (Å²) < 4.78 is 12.2. The van der Waals surface area contributed by atoms with Gasteiger partial charge in [0.05, 0.1) is 19.8 Å². The average molecular weight is 849 g/mol. The normalized spacial score (nSPS) is 14.7. The van der Waals surface area contributed by atoms with Crippen LogP contribution >= 0.6 is 0 Å². The van der Waals surface area contributed by atoms with Crippen LogP contribution in [-0.4, -0.2) is 85.4 Å². The highest BCUT2D eigenvalue weighted by atomic mass is 16.5. The molecule has 1 aliphatic carbocycles. The van der Waals surface area contributed by atoms with Gasteiger partial charge < -0.3 is 19.5 Å². The number of nitrogens with zero attached hydrogens (tertiary/aromatic N) is 2. The monoisotopic (exact) mass is 849 g/mol. The first kappa shape index (κ1) is 56.8. The summed E-state index contributed by atoms with van der Waals surface area (Å²) in [6.07, 6.45) is 40.1. The maximum absolute atomic E-state index is 13.4. The van der Waals surface area contributed by atoms with E-state index in [-0.39, 0.29) is 24.5 Å². The van der Waals surface area contributed by atoms with Gasteiger partial charge in [0, 0.05) is 44.4 Å². The molecule has 1 N–H and O–H groups in total. The highest BCUT2D eigenvalue weighted by Gasteiger charge is 2.25. The van der Waals surface area contributed by atoms with Crippen molar-refractivity contribution in [3.63, 3.8) is 0 Å². The number of esters is 2. The third kappa shape index (κ3) is 32.5. The van der Waals surface area contributed by atoms with Gasteiger partial charge in [0.1, 0.15) is 0 Å². The van der Waals surface area contributed by atoms with Crippen LogP contribution in [0.1, 0.15) is 253 Å². The van der Waals surface area contributed by atoms with Gasteiger partial charge in [0.15, 0.2) is 0 Å². The van der Waals surface area contributed by atoms with Crippen LogP contribution in [0.5, 0.6) is 0 Å². The summed E-state index contributed by atoms with van der Waals surface area (Å²) in [4.78, 5) is 32.0. The van der Waals surface area contributed by atoms with Crippen molar-refractivity contribution in [2.24, 2.45) is 17.8 Å². The fourth-order valence-electron chi connectivity index (χ4n) is 9.18. The second kappa shape index (κ2) is 41.8. The highest BCUT2D eigenvalue weighted by molar-refractivity contribution is 5.70. The van der Waals surface area contributed by atoms with Crippen molar-refractivity contribution in [3.8, 4) is 0 Å². The van der Waals surface area contributed by atoms with Gasteiger partial charge in [-0.1, -0.05) is 182 Å². The Bertz CT molecular complexity index is 894. The Hall–Kier alpha value is -1.18. The van der Waals surface area contributed by atoms with Crippen molar-refractivity contribution in [3.05, 3.63) is 0 Å². The fourth-order valence-corrected chi connectivity index (χ4v) is 9.18. The predicted molar refractivity (Wildman–Crippen MR) is 257 cm³/mol. The number of aliphatic hydroxyl groups excluding tert-OH is 1. The second-order valence-corrected chi connectivity index (χ2v) is 19.2. The molecule has 0 bridgehead atoms. The summed E-state index contributed by atoms with van der Waals surface area (Å²) in [5.41, 5.74) is 0. The van der Waals surface area contributed by atoms with E-state index in [9.17, 15) is 14.7 Å². The molecule has 60 heavy (non-hydrogen) atoms. The molecular formula is C53H104N2O5. The van der Waals surface area contributed by atoms with E-state index < -0.39 is 0 Å². The Morgan fingerprint density at radius 2 is 0.850 bits per heavy atom. The van der Waals surface area contributed by atoms with Gasteiger partial charge in [0.2, 0.25) is 0 Å². The molecule has 0 aromatic carbocycles. The minimum atomic E-state index is -0.0616. The van der Waals surface area contributed by atoms with Gasteiger partial charge in [0.25, 0.3) is 0 Å². The molecule has 0 spiro atoms. The molecule has 0 saturated heterocycles. The molecule has 0 heterocycles. The van der Waals surface area contributed by atoms with E-state index in [0.29, 0.717) is 43.9 Å². The first-order valence-corrected chi connectivity index (χ1v) is 26.8. The zero-order valence-electron chi connectivity index (χ0n) is 41.0. The van der Waals surface area contributed by atoms with Crippen molar-refractivity contribution in [1.29, 1.82) is 0 Å². The third-order valence-corrected chi connectivity index (χ3v) is 13.6. The van der Waals surface area contributed by atoms with E-state index in [1.807, 2.05) is 0 Å². The van der Waals surface area contributed by atoms with Crippen LogP contribution in [-0.2, 0) is 19.1 Å². The summed E-state index contributed by atoms with van der Waals surface area (Å²) in [6, 6.07) is 0.648. The van der Waals surface area contributed by atoms with Crippen molar-refractivity contribution in [1.82, 2.24) is 9.80 Å². The molecule has 0 amide bonds. The summed E-state index contributed by atoms with van der Waals surface area (Å²) in [6.45, 7) is 17.3. The lowest BCUT2D eigenvalue weighted by atomic mass is 9.91. The SMILES string of the molecule is CCCCCCCCC(CCCCCC)CC(=O)OCC(CCCCN(CCCC)CCN(CCO)C1CCC1)COC(=O)CC(CCCCCC)CCCCCCCC. The van der Waals surface area contributed by atoms with Crippen LogP contribution in [0.25, 0.3) is 0 Å². The van der Waals surface area contributed by atoms with Crippen molar-refractivity contribution in [2.75, 3.05) is 52.5 Å². The average Bonchev–Trinajstić information content (AvgIpc) is 3.22. The van der Waals surface area contributed by atoms with Crippen LogP contribution in [0, 0.1) is 17.8 Å². The van der Waals surface area contributed by atoms with Crippen molar-refractivity contribution >= 4 is 11.9 Å². The molecule has 1 rings (SSSR count). The molecule has 7 heteroatoms. The number of ether oxygens (including phenoxy) is 2. The lowest BCUT2D eigenvalue weighted by Gasteiger charge is -2.38. The lowest BCUT2D eigenvalue weighted by Crippen LogP contribution is -2.45. The predicted octanol–water partition coefficient (Wildman–Crippen LogP) is 14.3. The van der Waals surface area contributed by atoms with Crippen LogP contribution in [0.3, 0.4) is 0 Å². The van der Waals surface area contributed by atoms with Gasteiger partial charge in [-0.2, -0.15) is 0 Å². The maximum atomic E-state index is 13.4. The van der Waals surface area contributed by atoms with E-state index in [0.717, 1.165) is 77.7 Å². The first-order chi connectivity index (χ1) is 29.4. The molecule has 0 aromatic rings. The molecular weight excluding hydrogens is 745 g/mol. The standard InChI is InChI=1S/C53H104N2O5/c1-6-11-16-20-22-26-33-48(31-24-18-13-8-3)44-52(57)59-46-50(35-28-29-39-54(38-15-10-5)40-41-55(42-43-56)51-36-30-37-51)47-60-53(58)45-49(32-25-19-14-9-4)34-27-23-21-17-12-7-2/h48-51,56H,6-47H2,1-5H3. The number of unbranched alkanes of at least 4 members (excludes halogenated alkanes) is 18. The maximum Gasteiger partial charge on any atom is 0.306 e.